The molecule has 0 aliphatic carbocycles. The van der Waals surface area contributed by atoms with Crippen LogP contribution < -0.4 is 37.1 Å². The zero-order valence-electron chi connectivity index (χ0n) is 55.7. The smallest absolute Gasteiger partial charge is 0.252 e. The van der Waals surface area contributed by atoms with Gasteiger partial charge in [0, 0.05) is 54.9 Å². The molecule has 0 bridgehead atoms. The third-order valence-electron chi connectivity index (χ3n) is 21.4. The lowest BCUT2D eigenvalue weighted by Gasteiger charge is -2.43. The number of hydrogen-bond acceptors (Lipinski definition) is 0. The van der Waals surface area contributed by atoms with Gasteiger partial charge in [-0.3, -0.25) is 0 Å². The van der Waals surface area contributed by atoms with Gasteiger partial charge in [0.2, 0.25) is 0 Å². The molecule has 1 spiro atoms. The van der Waals surface area contributed by atoms with E-state index >= 15 is 0 Å². The number of nitrogens with zero attached hydrogens (tertiary/aromatic N) is 3. The normalized spacial score (nSPS) is 15.3. The van der Waals surface area contributed by atoms with E-state index in [9.17, 15) is 0 Å². The van der Waals surface area contributed by atoms with Crippen molar-refractivity contribution in [1.82, 2.24) is 13.7 Å². The van der Waals surface area contributed by atoms with Crippen LogP contribution in [0, 0.1) is 0 Å². The summed E-state index contributed by atoms with van der Waals surface area (Å²) < 4.78 is 8.31. The molecule has 0 N–H and O–H groups in total. The molecule has 0 fully saturated rings. The second-order valence-electron chi connectivity index (χ2n) is 34.3. The fourth-order valence-corrected chi connectivity index (χ4v) is 22.3. The molecule has 3 aromatic heterocycles. The van der Waals surface area contributed by atoms with Gasteiger partial charge >= 0.3 is 0 Å². The molecule has 0 radical (unpaired) electrons. The molecule has 9 aromatic carbocycles. The minimum atomic E-state index is -3.24. The van der Waals surface area contributed by atoms with Crippen LogP contribution in [0.4, 0.5) is 0 Å². The Labute approximate surface area is 517 Å². The number of benzene rings is 9. The summed E-state index contributed by atoms with van der Waals surface area (Å²) in [5, 5.41) is 14.4. The Morgan fingerprint density at radius 1 is 0.322 bits per heavy atom. The van der Waals surface area contributed by atoms with Crippen LogP contribution in [-0.2, 0) is 37.9 Å². The van der Waals surface area contributed by atoms with E-state index in [4.69, 9.17) is 0 Å². The van der Waals surface area contributed by atoms with E-state index in [-0.39, 0.29) is 44.6 Å². The lowest BCUT2D eigenvalue weighted by Crippen LogP contribution is -2.77. The number of aromatic nitrogens is 3. The van der Waals surface area contributed by atoms with Crippen LogP contribution in [0.1, 0.15) is 184 Å². The number of fused-ring (bicyclic) bond motifs is 18. The summed E-state index contributed by atoms with van der Waals surface area (Å²) >= 11 is 0. The van der Waals surface area contributed by atoms with Crippen molar-refractivity contribution in [1.29, 1.82) is 0 Å². The average Bonchev–Trinajstić information content (AvgIpc) is 1.53. The van der Waals surface area contributed by atoms with Gasteiger partial charge in [0.1, 0.15) is 0 Å². The van der Waals surface area contributed by atoms with Gasteiger partial charge in [0.25, 0.3) is 6.71 Å². The van der Waals surface area contributed by atoms with Crippen molar-refractivity contribution in [2.24, 2.45) is 0 Å². The molecule has 7 heterocycles. The van der Waals surface area contributed by atoms with Crippen LogP contribution >= 0.6 is 0 Å². The standard InChI is InChI=1S/C82H86BN3Si/c1-76(2,3)45-25-30-51(31-26-45)84-62-40-46(77(4,5)6)29-34-54(62)68-63(84)44-59-74-70(68)69-57(82(19,20)21)23-22-24-60(69)85(74)61-35-36-64-75-71(61)83(59)58-39-49(80(13,14)15)37-55-56-38-50(81(16,17)18)43-67(73(56)86(75)72(55)58)87(64)65-41-47(78(7,8)9)27-32-52(65)53-33-28-48(42-66(53)87)79(10,11)12/h22-44H,1-21H3. The second-order valence-corrected chi connectivity index (χ2v) is 38.0. The second kappa shape index (κ2) is 16.7. The highest BCUT2D eigenvalue weighted by molar-refractivity contribution is 7.24. The van der Waals surface area contributed by atoms with Crippen molar-refractivity contribution >= 4 is 117 Å². The topological polar surface area (TPSA) is 14.8 Å². The Hall–Kier alpha value is -7.34. The van der Waals surface area contributed by atoms with Crippen LogP contribution in [0.2, 0.25) is 0 Å². The van der Waals surface area contributed by atoms with Crippen LogP contribution in [-0.4, -0.2) is 28.5 Å². The van der Waals surface area contributed by atoms with Gasteiger partial charge in [0.15, 0.2) is 8.07 Å². The molecule has 0 saturated heterocycles. The highest BCUT2D eigenvalue weighted by Gasteiger charge is 2.57. The Balaban J connectivity index is 1.17. The maximum atomic E-state index is 2.87. The minimum absolute atomic E-state index is 0.0200. The van der Waals surface area contributed by atoms with Crippen molar-refractivity contribution < 1.29 is 0 Å². The summed E-state index contributed by atoms with van der Waals surface area (Å²) in [6.45, 7) is 50.4. The van der Waals surface area contributed by atoms with Gasteiger partial charge in [-0.05, 0) is 174 Å². The van der Waals surface area contributed by atoms with Crippen LogP contribution in [0.5, 0.6) is 0 Å². The van der Waals surface area contributed by atoms with E-state index in [1.54, 1.807) is 15.6 Å². The number of hydrogen-bond donors (Lipinski definition) is 0. The third kappa shape index (κ3) is 7.13. The van der Waals surface area contributed by atoms with Crippen molar-refractivity contribution in [2.75, 3.05) is 0 Å². The predicted octanol–water partition coefficient (Wildman–Crippen LogP) is 16.9. The molecule has 87 heavy (non-hydrogen) atoms. The van der Waals surface area contributed by atoms with E-state index in [1.165, 1.54) is 154 Å². The maximum Gasteiger partial charge on any atom is 0.252 e. The molecule has 12 aromatic rings. The van der Waals surface area contributed by atoms with Crippen molar-refractivity contribution in [3.63, 3.8) is 0 Å². The van der Waals surface area contributed by atoms with Gasteiger partial charge in [-0.1, -0.05) is 236 Å². The highest BCUT2D eigenvalue weighted by Crippen LogP contribution is 2.50. The molecule has 16 rings (SSSR count). The minimum Gasteiger partial charge on any atom is -0.310 e. The largest absolute Gasteiger partial charge is 0.310 e. The molecule has 436 valence electrons. The molecular weight excluding hydrogens is 1070 g/mol. The van der Waals surface area contributed by atoms with Gasteiger partial charge in [-0.2, -0.15) is 0 Å². The van der Waals surface area contributed by atoms with Gasteiger partial charge < -0.3 is 13.7 Å². The lowest BCUT2D eigenvalue weighted by molar-refractivity contribution is 0.590. The maximum absolute atomic E-state index is 3.24. The summed E-state index contributed by atoms with van der Waals surface area (Å²) in [7, 11) is -3.24. The molecule has 0 saturated carbocycles. The zero-order chi connectivity index (χ0) is 61.5. The first-order chi connectivity index (χ1) is 40.6. The summed E-state index contributed by atoms with van der Waals surface area (Å²) in [6, 6.07) is 58.4. The first kappa shape index (κ1) is 55.0. The molecule has 4 aliphatic heterocycles. The third-order valence-corrected chi connectivity index (χ3v) is 26.3. The molecule has 5 heteroatoms. The van der Waals surface area contributed by atoms with Crippen molar-refractivity contribution in [3.8, 4) is 28.2 Å². The quantitative estimate of drug-likeness (QED) is 0.146. The van der Waals surface area contributed by atoms with E-state index in [0.717, 1.165) is 0 Å². The van der Waals surface area contributed by atoms with E-state index in [0.29, 0.717) is 0 Å². The van der Waals surface area contributed by atoms with E-state index in [2.05, 4.69) is 299 Å². The summed E-state index contributed by atoms with van der Waals surface area (Å²) in [5.41, 5.74) is 28.2. The fraction of sp³-hybridized carbons (Fsp3) is 0.341. The first-order valence-corrected chi connectivity index (χ1v) is 34.5. The Morgan fingerprint density at radius 2 is 0.839 bits per heavy atom. The van der Waals surface area contributed by atoms with E-state index < -0.39 is 8.07 Å². The Kier molecular flexibility index (Phi) is 10.5. The monoisotopic (exact) mass is 1150 g/mol. The van der Waals surface area contributed by atoms with Crippen molar-refractivity contribution in [3.05, 3.63) is 178 Å². The summed E-state index contributed by atoms with van der Waals surface area (Å²) in [6.07, 6.45) is 0. The SMILES string of the molecule is CC(C)(C)c1ccc(-n2c3cc(C(C)(C)C)ccc3c3c4c5c(C(C)(C)C)cccc5n5c4c(cc32)B2c3c-5ccc4c3-n3c5c2cc(C(C)(C)C)cc5c2cc(C(C)(C)C)cc(c23)[Si]42c3cc(C(C)(C)C)ccc3-c3ccc(C(C)(C)C)cc32)cc1. The molecule has 0 unspecified atom stereocenters. The Morgan fingerprint density at radius 3 is 1.41 bits per heavy atom. The average molecular weight is 1150 g/mol. The molecule has 0 amide bonds. The molecular formula is C82H86BN3Si. The number of rotatable bonds is 1. The highest BCUT2D eigenvalue weighted by atomic mass is 28.3. The van der Waals surface area contributed by atoms with Crippen LogP contribution in [0.25, 0.3) is 93.6 Å². The molecule has 0 atom stereocenters. The molecule has 4 aliphatic rings. The van der Waals surface area contributed by atoms with E-state index in [1.807, 2.05) is 0 Å². The summed E-state index contributed by atoms with van der Waals surface area (Å²) in [5.74, 6) is 0. The summed E-state index contributed by atoms with van der Waals surface area (Å²) in [4.78, 5) is 0. The fourth-order valence-electron chi connectivity index (χ4n) is 16.7. The van der Waals surface area contributed by atoms with Crippen LogP contribution in [0.15, 0.2) is 140 Å². The van der Waals surface area contributed by atoms with Gasteiger partial charge in [-0.25, -0.2) is 0 Å². The van der Waals surface area contributed by atoms with Gasteiger partial charge in [0.05, 0.1) is 27.6 Å². The van der Waals surface area contributed by atoms with Crippen LogP contribution in [0.3, 0.4) is 0 Å². The van der Waals surface area contributed by atoms with Crippen molar-refractivity contribution in [2.45, 2.75) is 183 Å². The van der Waals surface area contributed by atoms with Gasteiger partial charge in [-0.15, -0.1) is 0 Å². The predicted molar refractivity (Wildman–Crippen MR) is 381 cm³/mol. The lowest BCUT2D eigenvalue weighted by atomic mass is 9.34. The zero-order valence-corrected chi connectivity index (χ0v) is 56.7. The Bertz CT molecular complexity index is 5050. The first-order valence-electron chi connectivity index (χ1n) is 32.5. The molecule has 3 nitrogen and oxygen atoms in total.